The molecule has 0 bridgehead atoms. The molecule has 0 saturated heterocycles. The van der Waals surface area contributed by atoms with Crippen molar-refractivity contribution < 1.29 is 23.0 Å². The number of halogens is 2. The zero-order chi connectivity index (χ0) is 25.0. The number of hydrogen-bond acceptors (Lipinski definition) is 6. The summed E-state index contributed by atoms with van der Waals surface area (Å²) >= 11 is 1.25. The Balaban J connectivity index is 1.32. The molecule has 0 aliphatic carbocycles. The molecular formula is C25H24F2N4O3S. The van der Waals surface area contributed by atoms with E-state index in [0.29, 0.717) is 22.1 Å². The van der Waals surface area contributed by atoms with Gasteiger partial charge in [0, 0.05) is 17.1 Å². The van der Waals surface area contributed by atoms with E-state index in [9.17, 15) is 13.6 Å². The standard InChI is InChI=1S/C25H24F2N4O3S/c1-25(2,3)17-6-10-18(11-7-17)33-15-31-13-12-20(30-31)22(32)29-24-28-21(14-35-24)16-4-8-19(9-5-16)34-23(26)27/h4-14,23H,15H2,1-3H3,(H,28,29,32). The van der Waals surface area contributed by atoms with Gasteiger partial charge in [-0.1, -0.05) is 32.9 Å². The molecule has 0 fully saturated rings. The van der Waals surface area contributed by atoms with Crippen molar-refractivity contribution in [2.75, 3.05) is 5.32 Å². The first kappa shape index (κ1) is 24.3. The number of thiazole rings is 1. The second kappa shape index (κ2) is 10.2. The highest BCUT2D eigenvalue weighted by molar-refractivity contribution is 7.14. The number of carbonyl (C=O) groups excluding carboxylic acids is 1. The first-order valence-electron chi connectivity index (χ1n) is 10.8. The Kier molecular flexibility index (Phi) is 7.11. The lowest BCUT2D eigenvalue weighted by atomic mass is 9.87. The highest BCUT2D eigenvalue weighted by Gasteiger charge is 2.15. The molecule has 0 aliphatic rings. The van der Waals surface area contributed by atoms with Crippen LogP contribution in [0.25, 0.3) is 11.3 Å². The third kappa shape index (κ3) is 6.42. The van der Waals surface area contributed by atoms with Crippen molar-refractivity contribution in [2.24, 2.45) is 0 Å². The number of ether oxygens (including phenoxy) is 2. The third-order valence-corrected chi connectivity index (χ3v) is 5.81. The van der Waals surface area contributed by atoms with E-state index < -0.39 is 12.5 Å². The average molecular weight is 499 g/mol. The Labute approximate surface area is 205 Å². The van der Waals surface area contributed by atoms with Crippen LogP contribution >= 0.6 is 11.3 Å². The summed E-state index contributed by atoms with van der Waals surface area (Å²) < 4.78 is 36.2. The van der Waals surface area contributed by atoms with Gasteiger partial charge in [-0.25, -0.2) is 9.67 Å². The van der Waals surface area contributed by atoms with Crippen LogP contribution in [0.5, 0.6) is 11.5 Å². The number of alkyl halides is 2. The zero-order valence-electron chi connectivity index (χ0n) is 19.4. The van der Waals surface area contributed by atoms with Crippen molar-refractivity contribution in [2.45, 2.75) is 39.5 Å². The summed E-state index contributed by atoms with van der Waals surface area (Å²) in [4.78, 5) is 17.0. The smallest absolute Gasteiger partial charge is 0.387 e. The molecule has 0 unspecified atom stereocenters. The first-order valence-corrected chi connectivity index (χ1v) is 11.6. The quantitative estimate of drug-likeness (QED) is 0.313. The van der Waals surface area contributed by atoms with Crippen LogP contribution < -0.4 is 14.8 Å². The van der Waals surface area contributed by atoms with Crippen LogP contribution in [0.15, 0.2) is 66.2 Å². The van der Waals surface area contributed by atoms with Gasteiger partial charge in [-0.3, -0.25) is 10.1 Å². The molecule has 4 rings (SSSR count). The number of anilines is 1. The molecule has 0 saturated carbocycles. The molecule has 182 valence electrons. The topological polar surface area (TPSA) is 78.3 Å². The Morgan fingerprint density at radius 3 is 2.40 bits per heavy atom. The molecule has 35 heavy (non-hydrogen) atoms. The monoisotopic (exact) mass is 498 g/mol. The van der Waals surface area contributed by atoms with E-state index in [4.69, 9.17) is 4.74 Å². The normalized spacial score (nSPS) is 11.5. The van der Waals surface area contributed by atoms with E-state index >= 15 is 0 Å². The fourth-order valence-electron chi connectivity index (χ4n) is 3.18. The molecule has 2 heterocycles. The van der Waals surface area contributed by atoms with Crippen molar-refractivity contribution in [3.8, 4) is 22.8 Å². The molecule has 7 nitrogen and oxygen atoms in total. The van der Waals surface area contributed by atoms with E-state index in [1.54, 1.807) is 29.8 Å². The number of aromatic nitrogens is 3. The fourth-order valence-corrected chi connectivity index (χ4v) is 3.89. The van der Waals surface area contributed by atoms with Gasteiger partial charge < -0.3 is 9.47 Å². The maximum atomic E-state index is 12.6. The van der Waals surface area contributed by atoms with Crippen molar-refractivity contribution in [3.05, 3.63) is 77.4 Å². The number of hydrogen-bond donors (Lipinski definition) is 1. The number of rotatable bonds is 8. The Morgan fingerprint density at radius 1 is 1.06 bits per heavy atom. The van der Waals surface area contributed by atoms with Crippen LogP contribution in [0, 0.1) is 0 Å². The van der Waals surface area contributed by atoms with E-state index in [1.165, 1.54) is 33.7 Å². The minimum absolute atomic E-state index is 0.0639. The summed E-state index contributed by atoms with van der Waals surface area (Å²) in [6.07, 6.45) is 1.66. The van der Waals surface area contributed by atoms with E-state index in [2.05, 4.69) is 40.9 Å². The highest BCUT2D eigenvalue weighted by atomic mass is 32.1. The average Bonchev–Trinajstić information content (AvgIpc) is 3.47. The molecular weight excluding hydrogens is 474 g/mol. The Hall–Kier alpha value is -3.79. The largest absolute Gasteiger partial charge is 0.471 e. The zero-order valence-corrected chi connectivity index (χ0v) is 20.2. The van der Waals surface area contributed by atoms with E-state index in [0.717, 1.165) is 0 Å². The van der Waals surface area contributed by atoms with Gasteiger partial charge in [-0.05, 0) is 53.4 Å². The number of amides is 1. The van der Waals surface area contributed by atoms with Gasteiger partial charge in [-0.2, -0.15) is 13.9 Å². The lowest BCUT2D eigenvalue weighted by molar-refractivity contribution is -0.0498. The Bertz CT molecular complexity index is 1280. The highest BCUT2D eigenvalue weighted by Crippen LogP contribution is 2.27. The summed E-state index contributed by atoms with van der Waals surface area (Å²) in [6.45, 7) is 3.73. The molecule has 4 aromatic rings. The van der Waals surface area contributed by atoms with Gasteiger partial charge >= 0.3 is 6.61 Å². The van der Waals surface area contributed by atoms with Crippen LogP contribution in [-0.4, -0.2) is 27.3 Å². The second-order valence-corrected chi connectivity index (χ2v) is 9.54. The van der Waals surface area contributed by atoms with Gasteiger partial charge in [-0.15, -0.1) is 11.3 Å². The van der Waals surface area contributed by atoms with Gasteiger partial charge in [0.1, 0.15) is 11.5 Å². The predicted molar refractivity (Wildman–Crippen MR) is 130 cm³/mol. The minimum Gasteiger partial charge on any atom is -0.471 e. The third-order valence-electron chi connectivity index (χ3n) is 5.06. The molecule has 0 aliphatic heterocycles. The molecule has 10 heteroatoms. The van der Waals surface area contributed by atoms with Crippen LogP contribution in [0.3, 0.4) is 0 Å². The summed E-state index contributed by atoms with van der Waals surface area (Å²) in [6, 6.07) is 15.6. The van der Waals surface area contributed by atoms with Crippen molar-refractivity contribution in [1.82, 2.24) is 14.8 Å². The summed E-state index contributed by atoms with van der Waals surface area (Å²) in [5, 5.41) is 9.13. The molecule has 0 spiro atoms. The second-order valence-electron chi connectivity index (χ2n) is 8.68. The lowest BCUT2D eigenvalue weighted by Gasteiger charge is -2.19. The predicted octanol–water partition coefficient (Wildman–Crippen LogP) is 6.19. The maximum absolute atomic E-state index is 12.6. The fraction of sp³-hybridized carbons (Fsp3) is 0.240. The van der Waals surface area contributed by atoms with Crippen molar-refractivity contribution in [3.63, 3.8) is 0 Å². The van der Waals surface area contributed by atoms with Crippen LogP contribution in [0.1, 0.15) is 36.8 Å². The molecule has 2 aromatic carbocycles. The van der Waals surface area contributed by atoms with Crippen LogP contribution in [0.2, 0.25) is 0 Å². The summed E-state index contributed by atoms with van der Waals surface area (Å²) in [7, 11) is 0. The maximum Gasteiger partial charge on any atom is 0.387 e. The minimum atomic E-state index is -2.88. The number of nitrogens with zero attached hydrogens (tertiary/aromatic N) is 3. The number of carbonyl (C=O) groups is 1. The Morgan fingerprint density at radius 2 is 1.74 bits per heavy atom. The van der Waals surface area contributed by atoms with Gasteiger partial charge in [0.15, 0.2) is 17.6 Å². The van der Waals surface area contributed by atoms with E-state index in [-0.39, 0.29) is 23.6 Å². The summed E-state index contributed by atoms with van der Waals surface area (Å²) in [5.74, 6) is 0.373. The molecule has 1 N–H and O–H groups in total. The van der Waals surface area contributed by atoms with Crippen LogP contribution in [0.4, 0.5) is 13.9 Å². The molecule has 0 atom stereocenters. The number of nitrogens with one attached hydrogen (secondary N) is 1. The molecule has 2 aromatic heterocycles. The molecule has 1 amide bonds. The number of benzene rings is 2. The van der Waals surface area contributed by atoms with Crippen molar-refractivity contribution in [1.29, 1.82) is 0 Å². The first-order chi connectivity index (χ1) is 16.7. The SMILES string of the molecule is CC(C)(C)c1ccc(OCn2ccc(C(=O)Nc3nc(-c4ccc(OC(F)F)cc4)cs3)n2)cc1. The van der Waals surface area contributed by atoms with Gasteiger partial charge in [0.05, 0.1) is 5.69 Å². The van der Waals surface area contributed by atoms with E-state index in [1.807, 2.05) is 24.3 Å². The van der Waals surface area contributed by atoms with Crippen molar-refractivity contribution >= 4 is 22.4 Å². The van der Waals surface area contributed by atoms with Gasteiger partial charge in [0.2, 0.25) is 0 Å². The summed E-state index contributed by atoms with van der Waals surface area (Å²) in [5.41, 5.74) is 2.82. The molecule has 0 radical (unpaired) electrons. The lowest BCUT2D eigenvalue weighted by Crippen LogP contribution is -2.14. The van der Waals surface area contributed by atoms with Gasteiger partial charge in [0.25, 0.3) is 5.91 Å². The van der Waals surface area contributed by atoms with Crippen LogP contribution in [-0.2, 0) is 12.1 Å².